The molecular weight excluding hydrogens is 272 g/mol. The highest BCUT2D eigenvalue weighted by atomic mass is 32.1. The molecule has 1 heterocycles. The molecule has 1 aromatic heterocycles. The maximum Gasteiger partial charge on any atom is 0.263 e. The molecule has 1 saturated carbocycles. The van der Waals surface area contributed by atoms with Crippen molar-refractivity contribution in [3.05, 3.63) is 16.1 Å². The van der Waals surface area contributed by atoms with Gasteiger partial charge in [0.1, 0.15) is 4.88 Å². The average molecular weight is 296 g/mol. The number of hydrogen-bond donors (Lipinski definition) is 2. The third kappa shape index (κ3) is 4.28. The quantitative estimate of drug-likeness (QED) is 0.813. The van der Waals surface area contributed by atoms with Gasteiger partial charge in [-0.05, 0) is 38.5 Å². The number of aliphatic hydroxyl groups is 1. The van der Waals surface area contributed by atoms with E-state index < -0.39 is 5.60 Å². The Morgan fingerprint density at radius 3 is 2.90 bits per heavy atom. The van der Waals surface area contributed by atoms with E-state index in [1.165, 1.54) is 11.3 Å². The molecule has 20 heavy (non-hydrogen) atoms. The Bertz CT molecular complexity index is 464. The number of hydrogen-bond acceptors (Lipinski definition) is 4. The van der Waals surface area contributed by atoms with Crippen molar-refractivity contribution in [2.45, 2.75) is 58.0 Å². The summed E-state index contributed by atoms with van der Waals surface area (Å²) < 4.78 is 0. The van der Waals surface area contributed by atoms with E-state index in [9.17, 15) is 9.90 Å². The summed E-state index contributed by atoms with van der Waals surface area (Å²) in [6.07, 6.45) is 3.92. The summed E-state index contributed by atoms with van der Waals surface area (Å²) in [5, 5.41) is 13.1. The predicted octanol–water partition coefficient (Wildman–Crippen LogP) is 2.94. The van der Waals surface area contributed by atoms with Gasteiger partial charge in [-0.1, -0.05) is 13.8 Å². The Kier molecular flexibility index (Phi) is 4.81. The summed E-state index contributed by atoms with van der Waals surface area (Å²) in [7, 11) is 0. The Hall–Kier alpha value is -0.940. The van der Waals surface area contributed by atoms with Crippen LogP contribution in [0.2, 0.25) is 0 Å². The van der Waals surface area contributed by atoms with E-state index in [-0.39, 0.29) is 5.91 Å². The molecule has 0 aliphatic heterocycles. The molecule has 2 rings (SSSR count). The average Bonchev–Trinajstić information content (AvgIpc) is 3.11. The van der Waals surface area contributed by atoms with Crippen LogP contribution < -0.4 is 5.32 Å². The van der Waals surface area contributed by atoms with E-state index in [4.69, 9.17) is 0 Å². The van der Waals surface area contributed by atoms with Crippen LogP contribution in [0.4, 0.5) is 0 Å². The fourth-order valence-corrected chi connectivity index (χ4v) is 2.90. The maximum absolute atomic E-state index is 12.2. The van der Waals surface area contributed by atoms with Crippen LogP contribution in [0.3, 0.4) is 0 Å². The van der Waals surface area contributed by atoms with Gasteiger partial charge in [-0.15, -0.1) is 11.3 Å². The minimum Gasteiger partial charge on any atom is -0.388 e. The molecule has 0 bridgehead atoms. The Balaban J connectivity index is 1.86. The van der Waals surface area contributed by atoms with Crippen molar-refractivity contribution in [3.63, 3.8) is 0 Å². The molecule has 1 aliphatic rings. The van der Waals surface area contributed by atoms with Crippen LogP contribution in [0, 0.1) is 5.92 Å². The third-order valence-electron chi connectivity index (χ3n) is 3.66. The topological polar surface area (TPSA) is 62.2 Å². The molecule has 0 spiro atoms. The van der Waals surface area contributed by atoms with E-state index in [2.05, 4.69) is 24.1 Å². The lowest BCUT2D eigenvalue weighted by atomic mass is 9.95. The highest BCUT2D eigenvalue weighted by Crippen LogP contribution is 2.41. The molecule has 1 unspecified atom stereocenters. The van der Waals surface area contributed by atoms with Crippen LogP contribution >= 0.6 is 11.3 Å². The highest BCUT2D eigenvalue weighted by Gasteiger charge is 2.31. The van der Waals surface area contributed by atoms with Crippen molar-refractivity contribution in [2.75, 3.05) is 6.54 Å². The number of aromatic nitrogens is 1. The van der Waals surface area contributed by atoms with E-state index in [1.807, 2.05) is 0 Å². The molecule has 1 atom stereocenters. The number of carbonyl (C=O) groups excluding carboxylic acids is 1. The Labute approximate surface area is 124 Å². The van der Waals surface area contributed by atoms with Crippen LogP contribution in [0.25, 0.3) is 0 Å². The number of carbonyl (C=O) groups is 1. The molecule has 0 radical (unpaired) electrons. The van der Waals surface area contributed by atoms with Crippen molar-refractivity contribution in [2.24, 2.45) is 5.92 Å². The van der Waals surface area contributed by atoms with Crippen LogP contribution in [0.5, 0.6) is 0 Å². The van der Waals surface area contributed by atoms with Crippen LogP contribution in [-0.2, 0) is 0 Å². The van der Waals surface area contributed by atoms with Gasteiger partial charge in [0.15, 0.2) is 0 Å². The smallest absolute Gasteiger partial charge is 0.263 e. The molecule has 0 aromatic carbocycles. The summed E-state index contributed by atoms with van der Waals surface area (Å²) in [6, 6.07) is 0. The zero-order valence-corrected chi connectivity index (χ0v) is 13.3. The van der Waals surface area contributed by atoms with Gasteiger partial charge in [0, 0.05) is 12.5 Å². The predicted molar refractivity (Wildman–Crippen MR) is 81.1 cm³/mol. The van der Waals surface area contributed by atoms with Crippen molar-refractivity contribution in [1.82, 2.24) is 10.3 Å². The molecule has 5 heteroatoms. The number of nitrogens with zero attached hydrogens (tertiary/aromatic N) is 1. The Morgan fingerprint density at radius 2 is 2.30 bits per heavy atom. The molecule has 1 amide bonds. The first-order valence-electron chi connectivity index (χ1n) is 7.33. The highest BCUT2D eigenvalue weighted by molar-refractivity contribution is 7.11. The fraction of sp³-hybridized carbons (Fsp3) is 0.733. The Morgan fingerprint density at radius 1 is 1.60 bits per heavy atom. The van der Waals surface area contributed by atoms with E-state index >= 15 is 0 Å². The largest absolute Gasteiger partial charge is 0.388 e. The maximum atomic E-state index is 12.2. The molecule has 1 aliphatic carbocycles. The van der Waals surface area contributed by atoms with Gasteiger partial charge >= 0.3 is 0 Å². The third-order valence-corrected chi connectivity index (χ3v) is 4.50. The molecule has 1 aromatic rings. The van der Waals surface area contributed by atoms with Gasteiger partial charge in [-0.25, -0.2) is 4.98 Å². The van der Waals surface area contributed by atoms with Crippen LogP contribution in [0.15, 0.2) is 5.51 Å². The fourth-order valence-electron chi connectivity index (χ4n) is 2.11. The molecule has 1 fully saturated rings. The van der Waals surface area contributed by atoms with Gasteiger partial charge in [0.25, 0.3) is 5.91 Å². The second-order valence-corrected chi connectivity index (χ2v) is 7.31. The number of nitrogens with one attached hydrogen (secondary N) is 1. The van der Waals surface area contributed by atoms with Crippen molar-refractivity contribution < 1.29 is 9.90 Å². The zero-order valence-electron chi connectivity index (χ0n) is 12.5. The van der Waals surface area contributed by atoms with Crippen molar-refractivity contribution in [3.8, 4) is 0 Å². The standard InChI is InChI=1S/C15H24N2O2S/c1-10(2)6-7-15(3,19)8-16-14(18)13-12(11-4-5-11)17-9-20-13/h9-11,19H,4-8H2,1-3H3,(H,16,18). The number of amides is 1. The summed E-state index contributed by atoms with van der Waals surface area (Å²) in [5.74, 6) is 0.933. The van der Waals surface area contributed by atoms with Gasteiger partial charge in [-0.3, -0.25) is 4.79 Å². The first kappa shape index (κ1) is 15.4. The number of rotatable bonds is 7. The lowest BCUT2D eigenvalue weighted by Crippen LogP contribution is -2.40. The van der Waals surface area contributed by atoms with Crippen molar-refractivity contribution in [1.29, 1.82) is 0 Å². The molecule has 0 saturated heterocycles. The SMILES string of the molecule is CC(C)CCC(C)(O)CNC(=O)c1scnc1C1CC1. The van der Waals surface area contributed by atoms with E-state index in [1.54, 1.807) is 12.4 Å². The van der Waals surface area contributed by atoms with Gasteiger partial charge < -0.3 is 10.4 Å². The summed E-state index contributed by atoms with van der Waals surface area (Å²) in [5.41, 5.74) is 1.83. The summed E-state index contributed by atoms with van der Waals surface area (Å²) in [6.45, 7) is 6.34. The summed E-state index contributed by atoms with van der Waals surface area (Å²) >= 11 is 1.39. The minimum absolute atomic E-state index is 0.0979. The van der Waals surface area contributed by atoms with Gasteiger partial charge in [0.2, 0.25) is 0 Å². The zero-order chi connectivity index (χ0) is 14.8. The van der Waals surface area contributed by atoms with Crippen LogP contribution in [-0.4, -0.2) is 28.1 Å². The lowest BCUT2D eigenvalue weighted by molar-refractivity contribution is 0.0430. The molecule has 4 nitrogen and oxygen atoms in total. The normalized spacial score (nSPS) is 18.1. The van der Waals surface area contributed by atoms with Gasteiger partial charge in [-0.2, -0.15) is 0 Å². The molecular formula is C15H24N2O2S. The van der Waals surface area contributed by atoms with Crippen LogP contribution in [0.1, 0.15) is 67.7 Å². The van der Waals surface area contributed by atoms with Crippen molar-refractivity contribution >= 4 is 17.2 Å². The minimum atomic E-state index is -0.843. The first-order valence-corrected chi connectivity index (χ1v) is 8.21. The van der Waals surface area contributed by atoms with E-state index in [0.717, 1.165) is 25.0 Å². The second-order valence-electron chi connectivity index (χ2n) is 6.45. The second kappa shape index (κ2) is 6.22. The number of thiazole rings is 1. The van der Waals surface area contributed by atoms with Gasteiger partial charge in [0.05, 0.1) is 16.8 Å². The monoisotopic (exact) mass is 296 g/mol. The lowest BCUT2D eigenvalue weighted by Gasteiger charge is -2.24. The summed E-state index contributed by atoms with van der Waals surface area (Å²) in [4.78, 5) is 17.2. The van der Waals surface area contributed by atoms with E-state index in [0.29, 0.717) is 29.7 Å². The molecule has 112 valence electrons. The first-order chi connectivity index (χ1) is 9.39. The molecule has 2 N–H and O–H groups in total.